The maximum atomic E-state index is 11.9. The molecule has 0 aliphatic rings. The number of aryl methyl sites for hydroxylation is 2. The van der Waals surface area contributed by atoms with E-state index in [-0.39, 0.29) is 23.7 Å². The number of ether oxygens (including phenoxy) is 1. The van der Waals surface area contributed by atoms with Gasteiger partial charge in [-0.2, -0.15) is 5.26 Å². The number of carbonyl (C=O) groups is 2. The third-order valence-electron chi connectivity index (χ3n) is 3.03. The van der Waals surface area contributed by atoms with Gasteiger partial charge in [-0.1, -0.05) is 11.8 Å². The lowest BCUT2D eigenvalue weighted by molar-refractivity contribution is -0.139. The molecule has 0 aliphatic carbocycles. The van der Waals surface area contributed by atoms with E-state index < -0.39 is 5.97 Å². The fraction of sp³-hybridized carbons (Fsp3) is 0.250. The summed E-state index contributed by atoms with van der Waals surface area (Å²) in [7, 11) is 0. The van der Waals surface area contributed by atoms with Gasteiger partial charge in [-0.05, 0) is 31.5 Å². The Bertz CT molecular complexity index is 877. The minimum absolute atomic E-state index is 0.106. The minimum atomic E-state index is -0.590. The van der Waals surface area contributed by atoms with Gasteiger partial charge in [0.2, 0.25) is 11.3 Å². The summed E-state index contributed by atoms with van der Waals surface area (Å²) in [6, 6.07) is 6.84. The van der Waals surface area contributed by atoms with Gasteiger partial charge in [-0.3, -0.25) is 14.4 Å². The van der Waals surface area contributed by atoms with Crippen LogP contribution in [0.2, 0.25) is 0 Å². The SMILES string of the molecule is Cc1ccc(C(=O)COC(=O)CSc2[nH]c(=O)cc(C)c2C#N)s1. The maximum absolute atomic E-state index is 11.9. The van der Waals surface area contributed by atoms with Crippen molar-refractivity contribution in [2.75, 3.05) is 12.4 Å². The molecule has 0 fully saturated rings. The summed E-state index contributed by atoms with van der Waals surface area (Å²) < 4.78 is 4.95. The first-order valence-electron chi connectivity index (χ1n) is 6.92. The zero-order chi connectivity index (χ0) is 17.7. The molecular formula is C16H14N2O4S2. The average Bonchev–Trinajstić information content (AvgIpc) is 2.96. The molecule has 2 heterocycles. The molecule has 2 aromatic heterocycles. The number of ketones is 1. The highest BCUT2D eigenvalue weighted by atomic mass is 32.2. The second kappa shape index (κ2) is 7.95. The number of aromatic amines is 1. The van der Waals surface area contributed by atoms with E-state index in [1.54, 1.807) is 13.0 Å². The van der Waals surface area contributed by atoms with E-state index >= 15 is 0 Å². The van der Waals surface area contributed by atoms with E-state index in [1.165, 1.54) is 17.4 Å². The molecule has 0 aliphatic heterocycles. The Balaban J connectivity index is 1.91. The van der Waals surface area contributed by atoms with Gasteiger partial charge < -0.3 is 9.72 Å². The van der Waals surface area contributed by atoms with E-state index in [0.717, 1.165) is 16.6 Å². The van der Waals surface area contributed by atoms with Gasteiger partial charge in [0, 0.05) is 10.9 Å². The fourth-order valence-electron chi connectivity index (χ4n) is 1.88. The minimum Gasteiger partial charge on any atom is -0.457 e. The summed E-state index contributed by atoms with van der Waals surface area (Å²) in [5, 5.41) is 9.43. The number of H-pyrrole nitrogens is 1. The number of esters is 1. The molecule has 0 amide bonds. The molecular weight excluding hydrogens is 348 g/mol. The zero-order valence-electron chi connectivity index (χ0n) is 13.0. The van der Waals surface area contributed by atoms with Crippen molar-refractivity contribution in [3.8, 4) is 6.07 Å². The maximum Gasteiger partial charge on any atom is 0.316 e. The van der Waals surface area contributed by atoms with Crippen molar-refractivity contribution in [2.45, 2.75) is 18.9 Å². The third-order valence-corrected chi connectivity index (χ3v) is 5.05. The van der Waals surface area contributed by atoms with Gasteiger partial charge in [0.15, 0.2) is 6.61 Å². The predicted octanol–water partition coefficient (Wildman–Crippen LogP) is 2.44. The molecule has 24 heavy (non-hydrogen) atoms. The van der Waals surface area contributed by atoms with Crippen LogP contribution in [0.5, 0.6) is 0 Å². The van der Waals surface area contributed by atoms with Crippen LogP contribution in [-0.2, 0) is 9.53 Å². The monoisotopic (exact) mass is 362 g/mol. The number of carbonyl (C=O) groups excluding carboxylic acids is 2. The predicted molar refractivity (Wildman–Crippen MR) is 91.6 cm³/mol. The number of rotatable bonds is 6. The Morgan fingerprint density at radius 2 is 2.12 bits per heavy atom. The number of Topliss-reactive ketones (excluding diaryl/α,β-unsaturated/α-hetero) is 1. The van der Waals surface area contributed by atoms with Gasteiger partial charge in [-0.25, -0.2) is 0 Å². The zero-order valence-corrected chi connectivity index (χ0v) is 14.7. The highest BCUT2D eigenvalue weighted by Gasteiger charge is 2.14. The molecule has 0 bridgehead atoms. The van der Waals surface area contributed by atoms with Gasteiger partial charge in [-0.15, -0.1) is 11.3 Å². The van der Waals surface area contributed by atoms with Gasteiger partial charge in [0.1, 0.15) is 6.07 Å². The molecule has 6 nitrogen and oxygen atoms in total. The first kappa shape index (κ1) is 18.0. The van der Waals surface area contributed by atoms with E-state index in [0.29, 0.717) is 21.0 Å². The number of nitrogens with zero attached hydrogens (tertiary/aromatic N) is 1. The first-order valence-corrected chi connectivity index (χ1v) is 8.73. The first-order chi connectivity index (χ1) is 11.4. The topological polar surface area (TPSA) is 100 Å². The molecule has 2 aromatic rings. The van der Waals surface area contributed by atoms with E-state index in [1.807, 2.05) is 19.1 Å². The van der Waals surface area contributed by atoms with Crippen LogP contribution in [0.1, 0.15) is 25.7 Å². The van der Waals surface area contributed by atoms with Crippen LogP contribution in [0.15, 0.2) is 28.0 Å². The second-order valence-corrected chi connectivity index (χ2v) is 7.19. The van der Waals surface area contributed by atoms with Crippen molar-refractivity contribution in [3.05, 3.63) is 49.4 Å². The van der Waals surface area contributed by atoms with Crippen molar-refractivity contribution in [1.29, 1.82) is 5.26 Å². The molecule has 124 valence electrons. The molecule has 1 N–H and O–H groups in total. The molecule has 0 spiro atoms. The highest BCUT2D eigenvalue weighted by molar-refractivity contribution is 7.99. The van der Waals surface area contributed by atoms with E-state index in [2.05, 4.69) is 4.98 Å². The van der Waals surface area contributed by atoms with Gasteiger partial charge >= 0.3 is 5.97 Å². The number of thioether (sulfide) groups is 1. The number of aromatic nitrogens is 1. The van der Waals surface area contributed by atoms with Crippen LogP contribution in [0.3, 0.4) is 0 Å². The molecule has 0 aromatic carbocycles. The van der Waals surface area contributed by atoms with Crippen molar-refractivity contribution in [2.24, 2.45) is 0 Å². The van der Waals surface area contributed by atoms with Crippen LogP contribution in [0.25, 0.3) is 0 Å². The third kappa shape index (κ3) is 4.57. The van der Waals surface area contributed by atoms with Crippen molar-refractivity contribution >= 4 is 34.9 Å². The number of nitrogens with one attached hydrogen (secondary N) is 1. The fourth-order valence-corrected chi connectivity index (χ4v) is 3.54. The summed E-state index contributed by atoms with van der Waals surface area (Å²) in [5.74, 6) is -0.953. The highest BCUT2D eigenvalue weighted by Crippen LogP contribution is 2.21. The van der Waals surface area contributed by atoms with E-state index in [4.69, 9.17) is 10.00 Å². The van der Waals surface area contributed by atoms with Crippen molar-refractivity contribution in [3.63, 3.8) is 0 Å². The molecule has 0 saturated carbocycles. The van der Waals surface area contributed by atoms with Gasteiger partial charge in [0.25, 0.3) is 0 Å². The standard InChI is InChI=1S/C16H14N2O4S2/c1-9-5-14(20)18-16(11(9)6-17)23-8-15(21)22-7-12(19)13-4-3-10(2)24-13/h3-5H,7-8H2,1-2H3,(H,18,20). The van der Waals surface area contributed by atoms with E-state index in [9.17, 15) is 14.4 Å². The van der Waals surface area contributed by atoms with Crippen LogP contribution < -0.4 is 5.56 Å². The smallest absolute Gasteiger partial charge is 0.316 e. The van der Waals surface area contributed by atoms with Crippen LogP contribution in [0.4, 0.5) is 0 Å². The Morgan fingerprint density at radius 1 is 1.38 bits per heavy atom. The summed E-state index contributed by atoms with van der Waals surface area (Å²) in [6.07, 6.45) is 0. The van der Waals surface area contributed by atoms with Gasteiger partial charge in [0.05, 0.1) is 21.2 Å². The van der Waals surface area contributed by atoms with Crippen LogP contribution in [-0.4, -0.2) is 29.1 Å². The van der Waals surface area contributed by atoms with Crippen molar-refractivity contribution < 1.29 is 14.3 Å². The normalized spacial score (nSPS) is 10.2. The number of hydrogen-bond donors (Lipinski definition) is 1. The second-order valence-electron chi connectivity index (χ2n) is 4.92. The lowest BCUT2D eigenvalue weighted by Gasteiger charge is -2.06. The summed E-state index contributed by atoms with van der Waals surface area (Å²) >= 11 is 2.34. The number of pyridine rings is 1. The molecule has 2 rings (SSSR count). The Labute approximate surface area is 146 Å². The van der Waals surface area contributed by atoms with Crippen molar-refractivity contribution in [1.82, 2.24) is 4.98 Å². The Kier molecular flexibility index (Phi) is 5.95. The molecule has 0 atom stereocenters. The lowest BCUT2D eigenvalue weighted by Crippen LogP contribution is -2.15. The van der Waals surface area contributed by atoms with Crippen LogP contribution >= 0.6 is 23.1 Å². The van der Waals surface area contributed by atoms with Crippen LogP contribution in [0, 0.1) is 25.2 Å². The molecule has 0 saturated heterocycles. The summed E-state index contributed by atoms with van der Waals surface area (Å²) in [6.45, 7) is 3.21. The summed E-state index contributed by atoms with van der Waals surface area (Å²) in [4.78, 5) is 39.2. The summed E-state index contributed by atoms with van der Waals surface area (Å²) in [5.41, 5.74) is 0.517. The lowest BCUT2D eigenvalue weighted by atomic mass is 10.2. The Morgan fingerprint density at radius 3 is 2.75 bits per heavy atom. The Hall–Kier alpha value is -2.37. The number of thiophene rings is 1. The quantitative estimate of drug-likeness (QED) is 0.481. The molecule has 0 unspecified atom stereocenters. The molecule has 8 heteroatoms. The molecule has 0 radical (unpaired) electrons. The number of hydrogen-bond acceptors (Lipinski definition) is 7. The largest absolute Gasteiger partial charge is 0.457 e. The average molecular weight is 362 g/mol. The number of nitriles is 1.